The molecule has 1 fully saturated rings. The van der Waals surface area contributed by atoms with Crippen LogP contribution in [0.1, 0.15) is 30.3 Å². The van der Waals surface area contributed by atoms with Crippen LogP contribution in [0.25, 0.3) is 0 Å². The fourth-order valence-corrected chi connectivity index (χ4v) is 2.98. The number of aromatic nitrogens is 2. The summed E-state index contributed by atoms with van der Waals surface area (Å²) in [5, 5.41) is 3.28. The summed E-state index contributed by atoms with van der Waals surface area (Å²) in [6.45, 7) is 3.57. The van der Waals surface area contributed by atoms with Gasteiger partial charge in [-0.2, -0.15) is 0 Å². The van der Waals surface area contributed by atoms with E-state index in [9.17, 15) is 8.42 Å². The lowest BCUT2D eigenvalue weighted by molar-refractivity contribution is 0.447. The quantitative estimate of drug-likeness (QED) is 0.840. The number of piperidine rings is 1. The molecule has 0 aromatic carbocycles. The first kappa shape index (κ1) is 12.4. The molecule has 1 aromatic rings. The van der Waals surface area contributed by atoms with Crippen molar-refractivity contribution < 1.29 is 8.42 Å². The van der Waals surface area contributed by atoms with Gasteiger partial charge in [-0.1, -0.05) is 0 Å². The van der Waals surface area contributed by atoms with Crippen LogP contribution < -0.4 is 5.32 Å². The van der Waals surface area contributed by atoms with Gasteiger partial charge < -0.3 is 5.32 Å². The molecule has 0 amide bonds. The lowest BCUT2D eigenvalue weighted by Gasteiger charge is -2.23. The van der Waals surface area contributed by atoms with Crippen molar-refractivity contribution >= 4 is 9.84 Å². The second kappa shape index (κ2) is 4.70. The molecule has 1 aliphatic rings. The van der Waals surface area contributed by atoms with E-state index in [2.05, 4.69) is 15.3 Å². The summed E-state index contributed by atoms with van der Waals surface area (Å²) < 4.78 is 23.4. The third-order valence-electron chi connectivity index (χ3n) is 2.99. The highest BCUT2D eigenvalue weighted by atomic mass is 32.2. The standard InChI is InChI=1S/C11H17N3O2S/c1-8-13-7-10(17(2,15)16)11(14-8)9-4-3-5-12-6-9/h7,9,12H,3-6H2,1-2H3/t9-/m0/s1. The monoisotopic (exact) mass is 255 g/mol. The molecule has 1 saturated heterocycles. The van der Waals surface area contributed by atoms with Gasteiger partial charge >= 0.3 is 0 Å². The van der Waals surface area contributed by atoms with Gasteiger partial charge in [0.15, 0.2) is 9.84 Å². The third-order valence-corrected chi connectivity index (χ3v) is 4.10. The molecule has 1 aliphatic heterocycles. The minimum Gasteiger partial charge on any atom is -0.316 e. The molecule has 94 valence electrons. The van der Waals surface area contributed by atoms with Crippen LogP contribution in [0.15, 0.2) is 11.1 Å². The van der Waals surface area contributed by atoms with E-state index in [-0.39, 0.29) is 10.8 Å². The lowest BCUT2D eigenvalue weighted by Crippen LogP contribution is -2.30. The second-order valence-electron chi connectivity index (χ2n) is 4.48. The molecule has 0 aliphatic carbocycles. The van der Waals surface area contributed by atoms with Crippen LogP contribution in [0.3, 0.4) is 0 Å². The Balaban J connectivity index is 2.46. The maximum Gasteiger partial charge on any atom is 0.178 e. The Morgan fingerprint density at radius 3 is 2.82 bits per heavy atom. The zero-order valence-electron chi connectivity index (χ0n) is 10.1. The number of hydrogen-bond acceptors (Lipinski definition) is 5. The van der Waals surface area contributed by atoms with Crippen LogP contribution in [0.5, 0.6) is 0 Å². The molecule has 0 radical (unpaired) electrons. The molecule has 2 heterocycles. The Bertz CT molecular complexity index is 507. The number of nitrogens with zero attached hydrogens (tertiary/aromatic N) is 2. The van der Waals surface area contributed by atoms with Crippen molar-refractivity contribution in [2.24, 2.45) is 0 Å². The molecule has 1 N–H and O–H groups in total. The van der Waals surface area contributed by atoms with Gasteiger partial charge in [0, 0.05) is 24.9 Å². The van der Waals surface area contributed by atoms with Crippen molar-refractivity contribution in [1.29, 1.82) is 0 Å². The SMILES string of the molecule is Cc1ncc(S(C)(=O)=O)c([C@H]2CCCNC2)n1. The van der Waals surface area contributed by atoms with Gasteiger partial charge in [0.05, 0.1) is 5.69 Å². The lowest BCUT2D eigenvalue weighted by atomic mass is 9.96. The second-order valence-corrected chi connectivity index (χ2v) is 6.47. The maximum absolute atomic E-state index is 11.7. The summed E-state index contributed by atoms with van der Waals surface area (Å²) in [4.78, 5) is 8.60. The first-order valence-electron chi connectivity index (χ1n) is 5.73. The Morgan fingerprint density at radius 2 is 2.24 bits per heavy atom. The van der Waals surface area contributed by atoms with Crippen LogP contribution >= 0.6 is 0 Å². The Kier molecular flexibility index (Phi) is 3.44. The zero-order valence-corrected chi connectivity index (χ0v) is 10.9. The van der Waals surface area contributed by atoms with Crippen LogP contribution in [0, 0.1) is 6.92 Å². The van der Waals surface area contributed by atoms with E-state index in [1.807, 2.05) is 0 Å². The minimum absolute atomic E-state index is 0.176. The Morgan fingerprint density at radius 1 is 1.47 bits per heavy atom. The summed E-state index contributed by atoms with van der Waals surface area (Å²) in [5.41, 5.74) is 0.673. The highest BCUT2D eigenvalue weighted by Gasteiger charge is 2.24. The van der Waals surface area contributed by atoms with Crippen molar-refractivity contribution in [3.05, 3.63) is 17.7 Å². The van der Waals surface area contributed by atoms with E-state index in [1.54, 1.807) is 6.92 Å². The normalized spacial score (nSPS) is 21.4. The average Bonchev–Trinajstić information content (AvgIpc) is 2.28. The molecule has 1 aromatic heterocycles. The smallest absolute Gasteiger partial charge is 0.178 e. The van der Waals surface area contributed by atoms with Gasteiger partial charge in [-0.25, -0.2) is 18.4 Å². The van der Waals surface area contributed by atoms with Crippen LogP contribution in [0.2, 0.25) is 0 Å². The summed E-state index contributed by atoms with van der Waals surface area (Å²) in [6.07, 6.45) is 4.67. The average molecular weight is 255 g/mol. The topological polar surface area (TPSA) is 72.0 Å². The maximum atomic E-state index is 11.7. The summed E-state index contributed by atoms with van der Waals surface area (Å²) in [6, 6.07) is 0. The summed E-state index contributed by atoms with van der Waals surface area (Å²) in [7, 11) is -3.25. The molecule has 0 bridgehead atoms. The Hall–Kier alpha value is -1.01. The number of aryl methyl sites for hydroxylation is 1. The highest BCUT2D eigenvalue weighted by molar-refractivity contribution is 7.90. The first-order valence-corrected chi connectivity index (χ1v) is 7.62. The van der Waals surface area contributed by atoms with E-state index in [0.29, 0.717) is 11.5 Å². The first-order chi connectivity index (χ1) is 7.98. The zero-order chi connectivity index (χ0) is 12.5. The van der Waals surface area contributed by atoms with Crippen molar-refractivity contribution in [2.75, 3.05) is 19.3 Å². The van der Waals surface area contributed by atoms with Crippen LogP contribution in [-0.4, -0.2) is 37.7 Å². The van der Waals surface area contributed by atoms with Gasteiger partial charge in [-0.15, -0.1) is 0 Å². The predicted octanol–water partition coefficient (Wildman–Crippen LogP) is 0.656. The van der Waals surface area contributed by atoms with Crippen molar-refractivity contribution in [3.8, 4) is 0 Å². The molecule has 17 heavy (non-hydrogen) atoms. The van der Waals surface area contributed by atoms with Crippen molar-refractivity contribution in [3.63, 3.8) is 0 Å². The van der Waals surface area contributed by atoms with Gasteiger partial charge in [0.1, 0.15) is 10.7 Å². The molecule has 0 spiro atoms. The molecule has 0 saturated carbocycles. The van der Waals surface area contributed by atoms with Crippen LogP contribution in [-0.2, 0) is 9.84 Å². The van der Waals surface area contributed by atoms with Crippen molar-refractivity contribution in [1.82, 2.24) is 15.3 Å². The minimum atomic E-state index is -3.25. The molecule has 1 atom stereocenters. The number of rotatable bonds is 2. The summed E-state index contributed by atoms with van der Waals surface area (Å²) in [5.74, 6) is 0.799. The highest BCUT2D eigenvalue weighted by Crippen LogP contribution is 2.26. The van der Waals surface area contributed by atoms with Gasteiger partial charge in [0.2, 0.25) is 0 Å². The molecular formula is C11H17N3O2S. The fraction of sp³-hybridized carbons (Fsp3) is 0.636. The molecule has 0 unspecified atom stereocenters. The van der Waals surface area contributed by atoms with Crippen molar-refractivity contribution in [2.45, 2.75) is 30.6 Å². The number of nitrogens with one attached hydrogen (secondary N) is 1. The van der Waals surface area contributed by atoms with Gasteiger partial charge in [-0.05, 0) is 26.3 Å². The van der Waals surface area contributed by atoms with Gasteiger partial charge in [-0.3, -0.25) is 0 Å². The number of sulfone groups is 1. The fourth-order valence-electron chi connectivity index (χ4n) is 2.14. The van der Waals surface area contributed by atoms with E-state index >= 15 is 0 Å². The van der Waals surface area contributed by atoms with E-state index in [4.69, 9.17) is 0 Å². The Labute approximate surface area is 102 Å². The molecule has 6 heteroatoms. The van der Waals surface area contributed by atoms with E-state index in [0.717, 1.165) is 25.9 Å². The molecular weight excluding hydrogens is 238 g/mol. The number of hydrogen-bond donors (Lipinski definition) is 1. The van der Waals surface area contributed by atoms with Gasteiger partial charge in [0.25, 0.3) is 0 Å². The van der Waals surface area contributed by atoms with Crippen LogP contribution in [0.4, 0.5) is 0 Å². The predicted molar refractivity (Wildman–Crippen MR) is 64.7 cm³/mol. The van der Waals surface area contributed by atoms with E-state index < -0.39 is 9.84 Å². The molecule has 2 rings (SSSR count). The largest absolute Gasteiger partial charge is 0.316 e. The molecule has 5 nitrogen and oxygen atoms in total. The van der Waals surface area contributed by atoms with E-state index in [1.165, 1.54) is 12.5 Å². The summed E-state index contributed by atoms with van der Waals surface area (Å²) >= 11 is 0. The third kappa shape index (κ3) is 2.81.